The Kier molecular flexibility index (Phi) is 4.79. The molecule has 0 unspecified atom stereocenters. The number of rotatable bonds is 3. The number of nitrogens with one attached hydrogen (secondary N) is 2. The molecule has 1 aliphatic rings. The van der Waals surface area contributed by atoms with Gasteiger partial charge >= 0.3 is 12.0 Å². The van der Waals surface area contributed by atoms with E-state index in [9.17, 15) is 14.0 Å². The summed E-state index contributed by atoms with van der Waals surface area (Å²) in [5.41, 5.74) is 0.525. The Bertz CT molecular complexity index is 538. The Hall–Kier alpha value is -1.38. The Morgan fingerprint density at radius 2 is 2.10 bits per heavy atom. The molecule has 1 aliphatic carbocycles. The average Bonchev–Trinajstić information content (AvgIpc) is 2.81. The maximum Gasteiger partial charge on any atom is 0.319 e. The van der Waals surface area contributed by atoms with E-state index >= 15 is 0 Å². The van der Waals surface area contributed by atoms with Crippen molar-refractivity contribution in [3.05, 3.63) is 27.6 Å². The zero-order chi connectivity index (χ0) is 14.7. The van der Waals surface area contributed by atoms with Crippen LogP contribution in [0.25, 0.3) is 0 Å². The van der Waals surface area contributed by atoms with E-state index in [1.807, 2.05) is 22.6 Å². The second-order valence-electron chi connectivity index (χ2n) is 4.77. The predicted molar refractivity (Wildman–Crippen MR) is 80.0 cm³/mol. The number of carboxylic acid groups (broad SMARTS) is 1. The molecular formula is C13H14FIN2O3. The summed E-state index contributed by atoms with van der Waals surface area (Å²) in [6.07, 6.45) is 1.68. The van der Waals surface area contributed by atoms with Crippen LogP contribution in [0.3, 0.4) is 0 Å². The summed E-state index contributed by atoms with van der Waals surface area (Å²) < 4.78 is 13.5. The lowest BCUT2D eigenvalue weighted by molar-refractivity contribution is -0.141. The van der Waals surface area contributed by atoms with E-state index in [2.05, 4.69) is 10.6 Å². The molecule has 0 heterocycles. The van der Waals surface area contributed by atoms with Gasteiger partial charge in [0.1, 0.15) is 5.82 Å². The fourth-order valence-electron chi connectivity index (χ4n) is 2.27. The second kappa shape index (κ2) is 6.38. The van der Waals surface area contributed by atoms with Crippen LogP contribution in [0.2, 0.25) is 0 Å². The summed E-state index contributed by atoms with van der Waals surface area (Å²) in [4.78, 5) is 22.7. The van der Waals surface area contributed by atoms with Crippen molar-refractivity contribution in [1.82, 2.24) is 5.32 Å². The van der Waals surface area contributed by atoms with Gasteiger partial charge in [-0.1, -0.05) is 0 Å². The van der Waals surface area contributed by atoms with E-state index in [-0.39, 0.29) is 17.8 Å². The van der Waals surface area contributed by atoms with Crippen molar-refractivity contribution in [2.75, 3.05) is 5.32 Å². The van der Waals surface area contributed by atoms with Gasteiger partial charge in [-0.15, -0.1) is 0 Å². The van der Waals surface area contributed by atoms with Gasteiger partial charge in [-0.3, -0.25) is 4.79 Å². The molecule has 2 rings (SSSR count). The van der Waals surface area contributed by atoms with Crippen molar-refractivity contribution >= 4 is 40.3 Å². The largest absolute Gasteiger partial charge is 0.481 e. The van der Waals surface area contributed by atoms with Crippen LogP contribution in [0.5, 0.6) is 0 Å². The smallest absolute Gasteiger partial charge is 0.319 e. The molecule has 0 aliphatic heterocycles. The van der Waals surface area contributed by atoms with Crippen LogP contribution in [0, 0.1) is 15.3 Å². The molecule has 1 aromatic carbocycles. The van der Waals surface area contributed by atoms with E-state index < -0.39 is 12.0 Å². The molecule has 0 bridgehead atoms. The van der Waals surface area contributed by atoms with Gasteiger partial charge in [0.2, 0.25) is 0 Å². The Morgan fingerprint density at radius 3 is 2.70 bits per heavy atom. The molecule has 0 aromatic heterocycles. The van der Waals surface area contributed by atoms with Crippen molar-refractivity contribution in [2.24, 2.45) is 5.92 Å². The van der Waals surface area contributed by atoms with Crippen LogP contribution >= 0.6 is 22.6 Å². The maximum absolute atomic E-state index is 12.9. The highest BCUT2D eigenvalue weighted by Gasteiger charge is 2.30. The van der Waals surface area contributed by atoms with Crippen molar-refractivity contribution < 1.29 is 19.1 Å². The van der Waals surface area contributed by atoms with Crippen LogP contribution in [-0.4, -0.2) is 23.1 Å². The molecule has 1 fully saturated rings. The SMILES string of the molecule is O=C(Nc1ccc(F)cc1I)N[C@H]1CC[C@@H](C(=O)O)C1. The molecular weight excluding hydrogens is 378 g/mol. The molecule has 3 N–H and O–H groups in total. The molecule has 0 spiro atoms. The molecule has 5 nitrogen and oxygen atoms in total. The van der Waals surface area contributed by atoms with Gasteiger partial charge < -0.3 is 15.7 Å². The number of urea groups is 1. The predicted octanol–water partition coefficient (Wildman–Crippen LogP) is 2.81. The number of anilines is 1. The summed E-state index contributed by atoms with van der Waals surface area (Å²) in [5.74, 6) is -1.56. The van der Waals surface area contributed by atoms with Crippen LogP contribution in [0.4, 0.5) is 14.9 Å². The Morgan fingerprint density at radius 1 is 1.35 bits per heavy atom. The summed E-state index contributed by atoms with van der Waals surface area (Å²) >= 11 is 1.94. The topological polar surface area (TPSA) is 78.4 Å². The highest BCUT2D eigenvalue weighted by Crippen LogP contribution is 2.26. The minimum Gasteiger partial charge on any atom is -0.481 e. The first-order chi connectivity index (χ1) is 9.45. The summed E-state index contributed by atoms with van der Waals surface area (Å²) in [5, 5.41) is 14.3. The molecule has 0 radical (unpaired) electrons. The molecule has 2 amide bonds. The minimum absolute atomic E-state index is 0.130. The van der Waals surface area contributed by atoms with Gasteiger partial charge in [0.05, 0.1) is 11.6 Å². The summed E-state index contributed by atoms with van der Waals surface area (Å²) in [7, 11) is 0. The standard InChI is InChI=1S/C13H14FIN2O3/c14-8-2-4-11(10(15)6-8)17-13(20)16-9-3-1-7(5-9)12(18)19/h2,4,6-7,9H,1,3,5H2,(H,18,19)(H2,16,17,20)/t7-,9+/m1/s1. The fraction of sp³-hybridized carbons (Fsp3) is 0.385. The lowest BCUT2D eigenvalue weighted by atomic mass is 10.1. The molecule has 7 heteroatoms. The number of carbonyl (C=O) groups excluding carboxylic acids is 1. The number of halogens is 2. The number of carboxylic acids is 1. The number of hydrogen-bond acceptors (Lipinski definition) is 2. The van der Waals surface area contributed by atoms with Crippen molar-refractivity contribution in [2.45, 2.75) is 25.3 Å². The number of carbonyl (C=O) groups is 2. The van der Waals surface area contributed by atoms with E-state index in [0.29, 0.717) is 28.5 Å². The fourth-order valence-corrected chi connectivity index (χ4v) is 2.88. The van der Waals surface area contributed by atoms with Gasteiger partial charge in [0, 0.05) is 9.61 Å². The summed E-state index contributed by atoms with van der Waals surface area (Å²) in [6.45, 7) is 0. The first-order valence-electron chi connectivity index (χ1n) is 6.21. The first-order valence-corrected chi connectivity index (χ1v) is 7.29. The van der Waals surface area contributed by atoms with Gasteiger partial charge in [0.25, 0.3) is 0 Å². The quantitative estimate of drug-likeness (QED) is 0.693. The van der Waals surface area contributed by atoms with Crippen LogP contribution < -0.4 is 10.6 Å². The van der Waals surface area contributed by atoms with Gasteiger partial charge in [-0.05, 0) is 60.1 Å². The number of hydrogen-bond donors (Lipinski definition) is 3. The third-order valence-corrected chi connectivity index (χ3v) is 4.19. The third kappa shape index (κ3) is 3.81. The number of amides is 2. The number of benzene rings is 1. The van der Waals surface area contributed by atoms with Crippen molar-refractivity contribution in [1.29, 1.82) is 0 Å². The average molecular weight is 392 g/mol. The van der Waals surface area contributed by atoms with Crippen molar-refractivity contribution in [3.8, 4) is 0 Å². The van der Waals surface area contributed by atoms with E-state index in [1.54, 1.807) is 0 Å². The zero-order valence-corrected chi connectivity index (χ0v) is 12.7. The van der Waals surface area contributed by atoms with Gasteiger partial charge in [-0.2, -0.15) is 0 Å². The molecule has 0 saturated heterocycles. The van der Waals surface area contributed by atoms with E-state index in [4.69, 9.17) is 5.11 Å². The molecule has 20 heavy (non-hydrogen) atoms. The lowest BCUT2D eigenvalue weighted by Crippen LogP contribution is -2.36. The van der Waals surface area contributed by atoms with Crippen molar-refractivity contribution in [3.63, 3.8) is 0 Å². The third-order valence-electron chi connectivity index (χ3n) is 3.30. The van der Waals surface area contributed by atoms with E-state index in [1.165, 1.54) is 18.2 Å². The van der Waals surface area contributed by atoms with Crippen LogP contribution in [0.1, 0.15) is 19.3 Å². The monoisotopic (exact) mass is 392 g/mol. The van der Waals surface area contributed by atoms with Crippen LogP contribution in [0.15, 0.2) is 18.2 Å². The highest BCUT2D eigenvalue weighted by molar-refractivity contribution is 14.1. The summed E-state index contributed by atoms with van der Waals surface area (Å²) in [6, 6.07) is 3.56. The van der Waals surface area contributed by atoms with Gasteiger partial charge in [0.15, 0.2) is 0 Å². The second-order valence-corrected chi connectivity index (χ2v) is 5.93. The first kappa shape index (κ1) is 15.0. The zero-order valence-electron chi connectivity index (χ0n) is 10.5. The van der Waals surface area contributed by atoms with E-state index in [0.717, 1.165) is 0 Å². The number of aliphatic carboxylic acids is 1. The molecule has 2 atom stereocenters. The maximum atomic E-state index is 12.9. The molecule has 108 valence electrons. The minimum atomic E-state index is -0.817. The normalized spacial score (nSPS) is 21.5. The molecule has 1 aromatic rings. The lowest BCUT2D eigenvalue weighted by Gasteiger charge is -2.14. The van der Waals surface area contributed by atoms with Crippen LogP contribution in [-0.2, 0) is 4.79 Å². The highest BCUT2D eigenvalue weighted by atomic mass is 127. The molecule has 1 saturated carbocycles. The Labute approximate surface area is 129 Å². The van der Waals surface area contributed by atoms with Gasteiger partial charge in [-0.25, -0.2) is 9.18 Å². The Balaban J connectivity index is 1.88.